The van der Waals surface area contributed by atoms with E-state index in [2.05, 4.69) is 11.3 Å². The van der Waals surface area contributed by atoms with Crippen molar-refractivity contribution in [3.05, 3.63) is 54.2 Å². The van der Waals surface area contributed by atoms with E-state index in [0.717, 1.165) is 0 Å². The fourth-order valence-corrected chi connectivity index (χ4v) is 1.57. The van der Waals surface area contributed by atoms with Gasteiger partial charge in [-0.25, -0.2) is 14.4 Å². The number of carbonyl (C=O) groups excluding carboxylic acids is 3. The highest BCUT2D eigenvalue weighted by Crippen LogP contribution is 2.21. The van der Waals surface area contributed by atoms with E-state index < -0.39 is 18.2 Å². The molecular formula is C14H11NO5. The van der Waals surface area contributed by atoms with E-state index in [9.17, 15) is 14.4 Å². The first kappa shape index (κ1) is 13.5. The third-order valence-corrected chi connectivity index (χ3v) is 2.42. The molecule has 20 heavy (non-hydrogen) atoms. The Balaban J connectivity index is 2.30. The topological polar surface area (TPSA) is 72.9 Å². The number of ether oxygens (including phenoxy) is 2. The molecule has 0 N–H and O–H groups in total. The average molecular weight is 273 g/mol. The van der Waals surface area contributed by atoms with Crippen LogP contribution in [-0.4, -0.2) is 29.7 Å². The van der Waals surface area contributed by atoms with Gasteiger partial charge < -0.3 is 9.47 Å². The number of hydrogen-bond acceptors (Lipinski definition) is 5. The summed E-state index contributed by atoms with van der Waals surface area (Å²) in [6.07, 6.45) is 0.665. The summed E-state index contributed by atoms with van der Waals surface area (Å²) in [6, 6.07) is 8.76. The van der Waals surface area contributed by atoms with Crippen molar-refractivity contribution in [3.8, 4) is 0 Å². The maximum atomic E-state index is 11.7. The van der Waals surface area contributed by atoms with E-state index in [0.29, 0.717) is 10.5 Å². The molecule has 6 heteroatoms. The van der Waals surface area contributed by atoms with Crippen LogP contribution in [0.25, 0.3) is 6.08 Å². The summed E-state index contributed by atoms with van der Waals surface area (Å²) in [7, 11) is 0. The van der Waals surface area contributed by atoms with Crippen molar-refractivity contribution in [2.45, 2.75) is 0 Å². The van der Waals surface area contributed by atoms with E-state index in [1.165, 1.54) is 12.2 Å². The third-order valence-electron chi connectivity index (χ3n) is 2.42. The van der Waals surface area contributed by atoms with Crippen LogP contribution in [-0.2, 0) is 14.3 Å². The van der Waals surface area contributed by atoms with Crippen molar-refractivity contribution in [2.24, 2.45) is 0 Å². The highest BCUT2D eigenvalue weighted by atomic mass is 16.6. The summed E-state index contributed by atoms with van der Waals surface area (Å²) in [5.74, 6) is -0.894. The Morgan fingerprint density at radius 3 is 2.65 bits per heavy atom. The van der Waals surface area contributed by atoms with Gasteiger partial charge in [0.1, 0.15) is 12.3 Å². The standard InChI is InChI=1S/C14H11NO5/c1-2-8-19-13(17)15-11(12(16)20-14(15)18)9-10-6-4-3-5-7-10/h2-7,9H,1,8H2. The molecular weight excluding hydrogens is 262 g/mol. The lowest BCUT2D eigenvalue weighted by molar-refractivity contribution is -0.130. The molecule has 102 valence electrons. The van der Waals surface area contributed by atoms with Gasteiger partial charge in [-0.15, -0.1) is 0 Å². The number of benzene rings is 1. The van der Waals surface area contributed by atoms with E-state index in [-0.39, 0.29) is 12.3 Å². The monoisotopic (exact) mass is 273 g/mol. The van der Waals surface area contributed by atoms with Crippen molar-refractivity contribution in [3.63, 3.8) is 0 Å². The largest absolute Gasteiger partial charge is 0.445 e. The number of imide groups is 1. The van der Waals surface area contributed by atoms with Crippen LogP contribution in [0.3, 0.4) is 0 Å². The zero-order chi connectivity index (χ0) is 14.5. The summed E-state index contributed by atoms with van der Waals surface area (Å²) in [5.41, 5.74) is 0.464. The van der Waals surface area contributed by atoms with Crippen molar-refractivity contribution in [2.75, 3.05) is 6.61 Å². The molecule has 1 heterocycles. The minimum absolute atomic E-state index is 0.0740. The molecule has 0 saturated carbocycles. The van der Waals surface area contributed by atoms with Crippen molar-refractivity contribution in [1.82, 2.24) is 4.90 Å². The summed E-state index contributed by atoms with van der Waals surface area (Å²) in [5, 5.41) is 0. The molecule has 0 spiro atoms. The fourth-order valence-electron chi connectivity index (χ4n) is 1.57. The molecule has 0 unspecified atom stereocenters. The average Bonchev–Trinajstić information content (AvgIpc) is 2.72. The first-order valence-electron chi connectivity index (χ1n) is 5.74. The van der Waals surface area contributed by atoms with Crippen LogP contribution in [0.5, 0.6) is 0 Å². The van der Waals surface area contributed by atoms with Gasteiger partial charge >= 0.3 is 18.2 Å². The number of esters is 1. The van der Waals surface area contributed by atoms with Crippen LogP contribution in [0.4, 0.5) is 9.59 Å². The Hall–Kier alpha value is -2.89. The zero-order valence-corrected chi connectivity index (χ0v) is 10.4. The molecule has 2 rings (SSSR count). The normalized spacial score (nSPS) is 16.2. The third kappa shape index (κ3) is 2.74. The Kier molecular flexibility index (Phi) is 3.95. The number of rotatable bonds is 3. The first-order valence-corrected chi connectivity index (χ1v) is 5.74. The molecule has 0 aromatic heterocycles. The molecule has 1 saturated heterocycles. The van der Waals surface area contributed by atoms with Gasteiger partial charge in [0.15, 0.2) is 0 Å². The smallest absolute Gasteiger partial charge is 0.432 e. The molecule has 1 aromatic rings. The summed E-state index contributed by atoms with van der Waals surface area (Å²) < 4.78 is 9.15. The van der Waals surface area contributed by atoms with Crippen molar-refractivity contribution >= 4 is 24.2 Å². The summed E-state index contributed by atoms with van der Waals surface area (Å²) in [4.78, 5) is 35.4. The Labute approximate surface area is 114 Å². The molecule has 2 amide bonds. The number of amides is 2. The van der Waals surface area contributed by atoms with E-state index >= 15 is 0 Å². The molecule has 6 nitrogen and oxygen atoms in total. The van der Waals surface area contributed by atoms with Gasteiger partial charge in [0.05, 0.1) is 0 Å². The lowest BCUT2D eigenvalue weighted by atomic mass is 10.2. The quantitative estimate of drug-likeness (QED) is 0.366. The molecule has 0 atom stereocenters. The van der Waals surface area contributed by atoms with E-state index in [4.69, 9.17) is 4.74 Å². The van der Waals surface area contributed by atoms with Crippen LogP contribution in [0.15, 0.2) is 48.7 Å². The minimum atomic E-state index is -1.08. The van der Waals surface area contributed by atoms with Crippen molar-refractivity contribution in [1.29, 1.82) is 0 Å². The molecule has 0 bridgehead atoms. The van der Waals surface area contributed by atoms with Gasteiger partial charge in [0, 0.05) is 0 Å². The second kappa shape index (κ2) is 5.83. The van der Waals surface area contributed by atoms with Gasteiger partial charge in [0.2, 0.25) is 0 Å². The van der Waals surface area contributed by atoms with Gasteiger partial charge in [-0.3, -0.25) is 0 Å². The van der Waals surface area contributed by atoms with Crippen LogP contribution < -0.4 is 0 Å². The molecule has 1 aliphatic rings. The first-order chi connectivity index (χ1) is 9.63. The molecule has 1 fully saturated rings. The molecule has 1 aromatic carbocycles. The fraction of sp³-hybridized carbons (Fsp3) is 0.0714. The Morgan fingerprint density at radius 2 is 2.00 bits per heavy atom. The van der Waals surface area contributed by atoms with Crippen LogP contribution >= 0.6 is 0 Å². The predicted molar refractivity (Wildman–Crippen MR) is 69.3 cm³/mol. The lowest BCUT2D eigenvalue weighted by Gasteiger charge is -2.10. The van der Waals surface area contributed by atoms with Crippen molar-refractivity contribution < 1.29 is 23.9 Å². The minimum Gasteiger partial charge on any atom is -0.445 e. The number of cyclic esters (lactones) is 2. The summed E-state index contributed by atoms with van der Waals surface area (Å²) in [6.45, 7) is 3.31. The van der Waals surface area contributed by atoms with Gasteiger partial charge in [-0.05, 0) is 11.6 Å². The highest BCUT2D eigenvalue weighted by Gasteiger charge is 2.41. The number of carbonyl (C=O) groups is 3. The van der Waals surface area contributed by atoms with Gasteiger partial charge in [0.25, 0.3) is 0 Å². The van der Waals surface area contributed by atoms with Gasteiger partial charge in [-0.1, -0.05) is 43.0 Å². The van der Waals surface area contributed by atoms with Crippen LogP contribution in [0, 0.1) is 0 Å². The lowest BCUT2D eigenvalue weighted by Crippen LogP contribution is -2.31. The Morgan fingerprint density at radius 1 is 1.30 bits per heavy atom. The van der Waals surface area contributed by atoms with E-state index in [1.54, 1.807) is 30.3 Å². The maximum Gasteiger partial charge on any atom is 0.432 e. The molecule has 0 radical (unpaired) electrons. The zero-order valence-electron chi connectivity index (χ0n) is 10.4. The van der Waals surface area contributed by atoms with Gasteiger partial charge in [-0.2, -0.15) is 4.90 Å². The SMILES string of the molecule is C=CCOC(=O)N1C(=O)OC(=O)C1=Cc1ccccc1. The summed E-state index contributed by atoms with van der Waals surface area (Å²) >= 11 is 0. The van der Waals surface area contributed by atoms with Crippen LogP contribution in [0.2, 0.25) is 0 Å². The maximum absolute atomic E-state index is 11.7. The van der Waals surface area contributed by atoms with Crippen LogP contribution in [0.1, 0.15) is 5.56 Å². The highest BCUT2D eigenvalue weighted by molar-refractivity contribution is 6.13. The number of hydrogen-bond donors (Lipinski definition) is 0. The molecule has 1 aliphatic heterocycles. The Bertz CT molecular complexity index is 591. The second-order valence-electron chi connectivity index (χ2n) is 3.80. The number of nitrogens with zero attached hydrogens (tertiary/aromatic N) is 1. The van der Waals surface area contributed by atoms with E-state index in [1.807, 2.05) is 0 Å². The molecule has 0 aliphatic carbocycles. The second-order valence-corrected chi connectivity index (χ2v) is 3.80. The predicted octanol–water partition coefficient (Wildman–Crippen LogP) is 2.33.